The molecule has 2 rings (SSSR count). The molecule has 57 valence electrons. The summed E-state index contributed by atoms with van der Waals surface area (Å²) in [5.74, 6) is 0. The van der Waals surface area contributed by atoms with Gasteiger partial charge in [-0.2, -0.15) is 0 Å². The number of hydroxylamine groups is 2. The first-order valence-corrected chi connectivity index (χ1v) is 4.30. The number of hydrogen-bond acceptors (Lipinski definition) is 1. The monoisotopic (exact) mass is 160 g/mol. The predicted molar refractivity (Wildman–Crippen MR) is 38.2 cm³/mol. The fraction of sp³-hybridized carbons (Fsp3) is 1.00. The van der Waals surface area contributed by atoms with Gasteiger partial charge in [0.2, 0.25) is 0 Å². The van der Waals surface area contributed by atoms with Gasteiger partial charge in [-0.15, -0.1) is 21.9 Å². The molecule has 2 saturated heterocycles. The van der Waals surface area contributed by atoms with Gasteiger partial charge < -0.3 is 0 Å². The van der Waals surface area contributed by atoms with Gasteiger partial charge in [0.25, 0.3) is 0 Å². The third kappa shape index (κ3) is 0.949. The second kappa shape index (κ2) is 2.36. The minimum absolute atomic E-state index is 0.251. The minimum Gasteiger partial charge on any atom is -0.149 e. The molecule has 0 spiro atoms. The quantitative estimate of drug-likeness (QED) is 0.494. The summed E-state index contributed by atoms with van der Waals surface area (Å²) in [5.41, 5.74) is 0. The molecule has 2 aliphatic rings. The van der Waals surface area contributed by atoms with E-state index in [1.54, 1.807) is 0 Å². The van der Waals surface area contributed by atoms with Crippen LogP contribution >= 0.6 is 11.6 Å². The molecule has 0 aromatic carbocycles. The zero-order valence-corrected chi connectivity index (χ0v) is 6.55. The third-order valence-corrected chi connectivity index (χ3v) is 2.96. The molecule has 2 bridgehead atoms. The van der Waals surface area contributed by atoms with Crippen LogP contribution in [0.5, 0.6) is 0 Å². The summed E-state index contributed by atoms with van der Waals surface area (Å²) in [6.07, 6.45) is 3.94. The van der Waals surface area contributed by atoms with Gasteiger partial charge in [0, 0.05) is 17.5 Å². The van der Waals surface area contributed by atoms with Crippen LogP contribution in [0, 0.1) is 0 Å². The van der Waals surface area contributed by atoms with Crippen molar-refractivity contribution < 1.29 is 5.21 Å². The van der Waals surface area contributed by atoms with E-state index in [0.29, 0.717) is 0 Å². The number of nitrogens with zero attached hydrogens (tertiary/aromatic N) is 1. The number of hydrogen-bond donors (Lipinski definition) is 0. The predicted octanol–water partition coefficient (Wildman–Crippen LogP) is 1.57. The van der Waals surface area contributed by atoms with E-state index in [1.165, 1.54) is 5.06 Å². The van der Waals surface area contributed by atoms with Crippen molar-refractivity contribution >= 4 is 11.6 Å². The molecule has 2 fully saturated rings. The van der Waals surface area contributed by atoms with E-state index in [4.69, 9.17) is 11.6 Å². The molecule has 0 aliphatic carbocycles. The Morgan fingerprint density at radius 1 is 1.20 bits per heavy atom. The van der Waals surface area contributed by atoms with Crippen molar-refractivity contribution in [2.45, 2.75) is 43.1 Å². The van der Waals surface area contributed by atoms with E-state index >= 15 is 0 Å². The lowest BCUT2D eigenvalue weighted by Gasteiger charge is -2.29. The highest BCUT2D eigenvalue weighted by molar-refractivity contribution is 6.20. The summed E-state index contributed by atoms with van der Waals surface area (Å²) in [6, 6.07) is 0.502. The summed E-state index contributed by atoms with van der Waals surface area (Å²) in [4.78, 5) is 0. The standard InChI is InChI=1S/C7H11ClNO/c8-5-3-6-1-2-7(4-5)9(6)10/h5-7H,1-4H2. The van der Waals surface area contributed by atoms with E-state index in [2.05, 4.69) is 0 Å². The third-order valence-electron chi connectivity index (χ3n) is 2.61. The molecule has 2 aliphatic heterocycles. The molecule has 2 heterocycles. The molecular formula is C7H11ClNO. The lowest BCUT2D eigenvalue weighted by atomic mass is 10.1. The molecule has 1 radical (unpaired) electrons. The van der Waals surface area contributed by atoms with Crippen molar-refractivity contribution in [1.29, 1.82) is 0 Å². The number of halogens is 1. The van der Waals surface area contributed by atoms with Gasteiger partial charge in [-0.3, -0.25) is 0 Å². The average Bonchev–Trinajstić information content (AvgIpc) is 2.20. The Bertz CT molecular complexity index is 128. The highest BCUT2D eigenvalue weighted by Gasteiger charge is 2.40. The first-order chi connectivity index (χ1) is 4.77. The fourth-order valence-electron chi connectivity index (χ4n) is 2.07. The average molecular weight is 161 g/mol. The zero-order chi connectivity index (χ0) is 7.14. The Kier molecular flexibility index (Phi) is 1.63. The second-order valence-corrected chi connectivity index (χ2v) is 3.93. The van der Waals surface area contributed by atoms with Crippen molar-refractivity contribution in [3.63, 3.8) is 0 Å². The highest BCUT2D eigenvalue weighted by Crippen LogP contribution is 2.36. The maximum Gasteiger partial charge on any atom is 0.0401 e. The summed E-state index contributed by atoms with van der Waals surface area (Å²) in [5, 5.41) is 12.7. The molecule has 2 nitrogen and oxygen atoms in total. The van der Waals surface area contributed by atoms with Crippen molar-refractivity contribution in [3.05, 3.63) is 0 Å². The SMILES string of the molecule is [O]N1C2CCC1CC(Cl)C2. The first kappa shape index (κ1) is 6.89. The summed E-state index contributed by atoms with van der Waals surface area (Å²) >= 11 is 5.95. The Balaban J connectivity index is 2.09. The summed E-state index contributed by atoms with van der Waals surface area (Å²) in [6.45, 7) is 0. The van der Waals surface area contributed by atoms with Gasteiger partial charge in [0.05, 0.1) is 0 Å². The molecule has 0 N–H and O–H groups in total. The fourth-order valence-corrected chi connectivity index (χ4v) is 2.48. The van der Waals surface area contributed by atoms with Gasteiger partial charge in [0.1, 0.15) is 0 Å². The Morgan fingerprint density at radius 2 is 1.70 bits per heavy atom. The van der Waals surface area contributed by atoms with Crippen molar-refractivity contribution in [3.8, 4) is 0 Å². The Morgan fingerprint density at radius 3 is 2.20 bits per heavy atom. The van der Waals surface area contributed by atoms with Crippen molar-refractivity contribution in [2.24, 2.45) is 0 Å². The van der Waals surface area contributed by atoms with E-state index in [0.717, 1.165) is 25.7 Å². The van der Waals surface area contributed by atoms with Crippen molar-refractivity contribution in [2.75, 3.05) is 0 Å². The molecular weight excluding hydrogens is 150 g/mol. The maximum absolute atomic E-state index is 11.2. The van der Waals surface area contributed by atoms with Crippen LogP contribution in [0.4, 0.5) is 0 Å². The lowest BCUT2D eigenvalue weighted by molar-refractivity contribution is -0.205. The van der Waals surface area contributed by atoms with Gasteiger partial charge >= 0.3 is 0 Å². The van der Waals surface area contributed by atoms with E-state index in [1.807, 2.05) is 0 Å². The molecule has 10 heavy (non-hydrogen) atoms. The van der Waals surface area contributed by atoms with Crippen LogP contribution in [-0.4, -0.2) is 22.5 Å². The van der Waals surface area contributed by atoms with Crippen LogP contribution in [0.25, 0.3) is 0 Å². The van der Waals surface area contributed by atoms with Gasteiger partial charge in [-0.1, -0.05) is 0 Å². The first-order valence-electron chi connectivity index (χ1n) is 3.87. The number of rotatable bonds is 0. The molecule has 0 aromatic rings. The number of piperidine rings is 1. The number of alkyl halides is 1. The molecule has 2 atom stereocenters. The maximum atomic E-state index is 11.2. The minimum atomic E-state index is 0.251. The van der Waals surface area contributed by atoms with Gasteiger partial charge in [0.15, 0.2) is 0 Å². The molecule has 3 heteroatoms. The van der Waals surface area contributed by atoms with Crippen LogP contribution in [-0.2, 0) is 5.21 Å². The van der Waals surface area contributed by atoms with Crippen molar-refractivity contribution in [1.82, 2.24) is 5.06 Å². The van der Waals surface area contributed by atoms with Crippen LogP contribution < -0.4 is 0 Å². The van der Waals surface area contributed by atoms with Crippen LogP contribution in [0.2, 0.25) is 0 Å². The van der Waals surface area contributed by atoms with Crippen LogP contribution in [0.1, 0.15) is 25.7 Å². The normalized spacial score (nSPS) is 48.0. The van der Waals surface area contributed by atoms with Crippen LogP contribution in [0.15, 0.2) is 0 Å². The van der Waals surface area contributed by atoms with E-state index < -0.39 is 0 Å². The van der Waals surface area contributed by atoms with Gasteiger partial charge in [-0.05, 0) is 25.7 Å². The summed E-state index contributed by atoms with van der Waals surface area (Å²) < 4.78 is 0. The highest BCUT2D eigenvalue weighted by atomic mass is 35.5. The molecule has 0 amide bonds. The van der Waals surface area contributed by atoms with Gasteiger partial charge in [-0.25, -0.2) is 0 Å². The molecule has 0 saturated carbocycles. The second-order valence-electron chi connectivity index (χ2n) is 3.31. The smallest absolute Gasteiger partial charge is 0.0401 e. The molecule has 0 aromatic heterocycles. The summed E-state index contributed by atoms with van der Waals surface area (Å²) in [7, 11) is 0. The zero-order valence-electron chi connectivity index (χ0n) is 5.79. The van der Waals surface area contributed by atoms with E-state index in [9.17, 15) is 5.21 Å². The number of fused-ring (bicyclic) bond motifs is 2. The Labute approximate surface area is 65.7 Å². The topological polar surface area (TPSA) is 23.1 Å². The van der Waals surface area contributed by atoms with Crippen LogP contribution in [0.3, 0.4) is 0 Å². The largest absolute Gasteiger partial charge is 0.149 e. The van der Waals surface area contributed by atoms with E-state index in [-0.39, 0.29) is 17.5 Å². The Hall–Kier alpha value is 0.210. The molecule has 2 unspecified atom stereocenters. The lowest BCUT2D eigenvalue weighted by Crippen LogP contribution is -2.39.